The van der Waals surface area contributed by atoms with E-state index in [1.54, 1.807) is 23.9 Å². The molecule has 1 atom stereocenters. The largest absolute Gasteiger partial charge is 0.491 e. The average Bonchev–Trinajstić information content (AvgIpc) is 2.80. The third kappa shape index (κ3) is 3.16. The molecule has 0 radical (unpaired) electrons. The molecule has 1 heterocycles. The van der Waals surface area contributed by atoms with Crippen LogP contribution in [0.4, 0.5) is 10.1 Å². The van der Waals surface area contributed by atoms with Crippen LogP contribution in [0.2, 0.25) is 0 Å². The van der Waals surface area contributed by atoms with Gasteiger partial charge in [-0.3, -0.25) is 4.99 Å². The molecule has 1 N–H and O–H groups in total. The second kappa shape index (κ2) is 6.09. The Hall–Kier alpha value is -1.23. The molecule has 1 aliphatic heterocycles. The second-order valence-electron chi connectivity index (χ2n) is 4.01. The summed E-state index contributed by atoms with van der Waals surface area (Å²) < 4.78 is 18.8. The van der Waals surface area contributed by atoms with Gasteiger partial charge in [-0.05, 0) is 25.5 Å². The molecule has 98 valence electrons. The SMILES string of the molecule is CCOc1ccc(NC2=NC(CC)CS2)cc1F. The van der Waals surface area contributed by atoms with Crippen LogP contribution in [0.15, 0.2) is 23.2 Å². The van der Waals surface area contributed by atoms with Crippen LogP contribution in [0.1, 0.15) is 20.3 Å². The molecule has 1 unspecified atom stereocenters. The van der Waals surface area contributed by atoms with E-state index in [4.69, 9.17) is 4.74 Å². The van der Waals surface area contributed by atoms with Crippen molar-refractivity contribution in [2.24, 2.45) is 4.99 Å². The molecular weight excluding hydrogens is 251 g/mol. The molecule has 0 bridgehead atoms. The normalized spacial score (nSPS) is 18.6. The Bertz CT molecular complexity index is 451. The number of hydrogen-bond donors (Lipinski definition) is 1. The lowest BCUT2D eigenvalue weighted by Crippen LogP contribution is -2.06. The summed E-state index contributed by atoms with van der Waals surface area (Å²) >= 11 is 1.68. The Labute approximate surface area is 111 Å². The van der Waals surface area contributed by atoms with Crippen molar-refractivity contribution in [3.05, 3.63) is 24.0 Å². The molecule has 0 amide bonds. The Morgan fingerprint density at radius 1 is 1.50 bits per heavy atom. The van der Waals surface area contributed by atoms with Crippen LogP contribution in [0.25, 0.3) is 0 Å². The first kappa shape index (κ1) is 13.2. The van der Waals surface area contributed by atoms with E-state index in [0.717, 1.165) is 17.3 Å². The van der Waals surface area contributed by atoms with Crippen LogP contribution in [0, 0.1) is 5.82 Å². The van der Waals surface area contributed by atoms with Crippen molar-refractivity contribution in [2.75, 3.05) is 17.7 Å². The van der Waals surface area contributed by atoms with Gasteiger partial charge in [-0.25, -0.2) is 4.39 Å². The van der Waals surface area contributed by atoms with Gasteiger partial charge in [0, 0.05) is 17.5 Å². The topological polar surface area (TPSA) is 33.6 Å². The predicted octanol–water partition coefficient (Wildman–Crippen LogP) is 3.52. The van der Waals surface area contributed by atoms with E-state index in [-0.39, 0.29) is 11.6 Å². The van der Waals surface area contributed by atoms with Gasteiger partial charge in [0.05, 0.1) is 12.6 Å². The summed E-state index contributed by atoms with van der Waals surface area (Å²) in [5, 5.41) is 4.00. The van der Waals surface area contributed by atoms with Gasteiger partial charge in [-0.1, -0.05) is 18.7 Å². The van der Waals surface area contributed by atoms with Gasteiger partial charge >= 0.3 is 0 Å². The minimum absolute atomic E-state index is 0.287. The highest BCUT2D eigenvalue weighted by atomic mass is 32.2. The van der Waals surface area contributed by atoms with Crippen molar-refractivity contribution in [3.63, 3.8) is 0 Å². The number of thioether (sulfide) groups is 1. The standard InChI is InChI=1S/C13H17FN2OS/c1-3-9-8-18-13(15-9)16-10-5-6-12(17-4-2)11(14)7-10/h5-7,9H,3-4,8H2,1-2H3,(H,15,16). The third-order valence-corrected chi connectivity index (χ3v) is 3.70. The summed E-state index contributed by atoms with van der Waals surface area (Å²) in [4.78, 5) is 4.51. The van der Waals surface area contributed by atoms with Gasteiger partial charge in [-0.2, -0.15) is 0 Å². The number of nitrogens with one attached hydrogen (secondary N) is 1. The average molecular weight is 268 g/mol. The summed E-state index contributed by atoms with van der Waals surface area (Å²) in [6, 6.07) is 5.26. The zero-order chi connectivity index (χ0) is 13.0. The molecule has 0 fully saturated rings. The highest BCUT2D eigenvalue weighted by Gasteiger charge is 2.16. The number of aliphatic imine (C=N–C) groups is 1. The van der Waals surface area contributed by atoms with Crippen LogP contribution in [0.3, 0.4) is 0 Å². The van der Waals surface area contributed by atoms with Crippen molar-refractivity contribution in [2.45, 2.75) is 26.3 Å². The van der Waals surface area contributed by atoms with Crippen LogP contribution >= 0.6 is 11.8 Å². The number of nitrogens with zero attached hydrogens (tertiary/aromatic N) is 1. The van der Waals surface area contributed by atoms with E-state index in [1.807, 2.05) is 6.92 Å². The molecule has 1 aromatic carbocycles. The number of rotatable bonds is 4. The molecule has 0 aromatic heterocycles. The quantitative estimate of drug-likeness (QED) is 0.907. The summed E-state index contributed by atoms with van der Waals surface area (Å²) in [5.74, 6) is 0.936. The van der Waals surface area contributed by atoms with Gasteiger partial charge in [0.25, 0.3) is 0 Å². The Balaban J connectivity index is 2.04. The van der Waals surface area contributed by atoms with Gasteiger partial charge in [0.15, 0.2) is 16.7 Å². The minimum atomic E-state index is -0.350. The van der Waals surface area contributed by atoms with Crippen molar-refractivity contribution < 1.29 is 9.13 Å². The highest BCUT2D eigenvalue weighted by molar-refractivity contribution is 8.14. The molecule has 1 aromatic rings. The Morgan fingerprint density at radius 3 is 2.94 bits per heavy atom. The van der Waals surface area contributed by atoms with Crippen molar-refractivity contribution in [1.82, 2.24) is 0 Å². The molecule has 5 heteroatoms. The smallest absolute Gasteiger partial charge is 0.167 e. The van der Waals surface area contributed by atoms with E-state index < -0.39 is 0 Å². The Kier molecular flexibility index (Phi) is 4.47. The number of hydrogen-bond acceptors (Lipinski definition) is 4. The second-order valence-corrected chi connectivity index (χ2v) is 5.02. The van der Waals surface area contributed by atoms with E-state index in [9.17, 15) is 4.39 Å². The number of ether oxygens (including phenoxy) is 1. The first-order valence-electron chi connectivity index (χ1n) is 6.13. The summed E-state index contributed by atoms with van der Waals surface area (Å²) in [7, 11) is 0. The summed E-state index contributed by atoms with van der Waals surface area (Å²) in [5.41, 5.74) is 0.707. The zero-order valence-corrected chi connectivity index (χ0v) is 11.4. The number of benzene rings is 1. The van der Waals surface area contributed by atoms with E-state index in [2.05, 4.69) is 17.2 Å². The van der Waals surface area contributed by atoms with Crippen molar-refractivity contribution >= 4 is 22.6 Å². The third-order valence-electron chi connectivity index (χ3n) is 2.67. The van der Waals surface area contributed by atoms with E-state index in [0.29, 0.717) is 18.3 Å². The van der Waals surface area contributed by atoms with E-state index in [1.165, 1.54) is 6.07 Å². The summed E-state index contributed by atoms with van der Waals surface area (Å²) in [6.07, 6.45) is 1.04. The molecule has 0 spiro atoms. The first-order chi connectivity index (χ1) is 8.72. The fraction of sp³-hybridized carbons (Fsp3) is 0.462. The maximum atomic E-state index is 13.6. The van der Waals surface area contributed by atoms with Gasteiger partial charge in [-0.15, -0.1) is 0 Å². The molecule has 0 saturated heterocycles. The summed E-state index contributed by atoms with van der Waals surface area (Å²) in [6.45, 7) is 4.42. The monoisotopic (exact) mass is 268 g/mol. The predicted molar refractivity (Wildman–Crippen MR) is 75.2 cm³/mol. The van der Waals surface area contributed by atoms with Crippen LogP contribution < -0.4 is 10.1 Å². The molecular formula is C13H17FN2OS. The molecule has 3 nitrogen and oxygen atoms in total. The lowest BCUT2D eigenvalue weighted by atomic mass is 10.3. The molecule has 18 heavy (non-hydrogen) atoms. The molecule has 2 rings (SSSR count). The Morgan fingerprint density at radius 2 is 2.33 bits per heavy atom. The maximum Gasteiger partial charge on any atom is 0.167 e. The number of anilines is 1. The van der Waals surface area contributed by atoms with Crippen LogP contribution in [-0.4, -0.2) is 23.6 Å². The number of halogens is 1. The highest BCUT2D eigenvalue weighted by Crippen LogP contribution is 2.25. The molecule has 0 aliphatic carbocycles. The van der Waals surface area contributed by atoms with Crippen LogP contribution in [0.5, 0.6) is 5.75 Å². The van der Waals surface area contributed by atoms with Crippen molar-refractivity contribution in [1.29, 1.82) is 0 Å². The van der Waals surface area contributed by atoms with Crippen LogP contribution in [-0.2, 0) is 0 Å². The lowest BCUT2D eigenvalue weighted by Gasteiger charge is -2.08. The van der Waals surface area contributed by atoms with Gasteiger partial charge in [0.1, 0.15) is 0 Å². The fourth-order valence-corrected chi connectivity index (χ4v) is 2.74. The lowest BCUT2D eigenvalue weighted by molar-refractivity contribution is 0.321. The first-order valence-corrected chi connectivity index (χ1v) is 7.11. The van der Waals surface area contributed by atoms with E-state index >= 15 is 0 Å². The van der Waals surface area contributed by atoms with Gasteiger partial charge < -0.3 is 10.1 Å². The maximum absolute atomic E-state index is 13.6. The van der Waals surface area contributed by atoms with Gasteiger partial charge in [0.2, 0.25) is 0 Å². The minimum Gasteiger partial charge on any atom is -0.491 e. The van der Waals surface area contributed by atoms with Crippen molar-refractivity contribution in [3.8, 4) is 5.75 Å². The fourth-order valence-electron chi connectivity index (χ4n) is 1.67. The zero-order valence-electron chi connectivity index (χ0n) is 10.6. The number of amidine groups is 1. The molecule has 0 saturated carbocycles. The molecule has 1 aliphatic rings.